The summed E-state index contributed by atoms with van der Waals surface area (Å²) in [4.78, 5) is 18.5. The summed E-state index contributed by atoms with van der Waals surface area (Å²) in [5, 5.41) is 1.10. The number of aromatic amines is 1. The standard InChI is InChI=1S/C21H20N2O/c24-21(16-7-8-19-15(12-16)9-10-22-19)23-11-3-6-18-17-5-2-1-4-14(17)13-20(18)23/h1-2,4-5,7-10,12,18,20,22H,3,6,11,13H2/t18-,20+/m0/s1. The van der Waals surface area contributed by atoms with E-state index in [4.69, 9.17) is 0 Å². The number of benzene rings is 2. The lowest BCUT2D eigenvalue weighted by Crippen LogP contribution is -2.46. The number of amides is 1. The van der Waals surface area contributed by atoms with Crippen LogP contribution in [0.4, 0.5) is 0 Å². The highest BCUT2D eigenvalue weighted by atomic mass is 16.2. The van der Waals surface area contributed by atoms with Crippen LogP contribution in [0.25, 0.3) is 10.9 Å². The molecule has 1 aromatic heterocycles. The first kappa shape index (κ1) is 13.8. The van der Waals surface area contributed by atoms with Gasteiger partial charge in [0.25, 0.3) is 5.91 Å². The van der Waals surface area contributed by atoms with Gasteiger partial charge < -0.3 is 9.88 Å². The Balaban J connectivity index is 1.49. The van der Waals surface area contributed by atoms with Crippen molar-refractivity contribution < 1.29 is 4.79 Å². The Morgan fingerprint density at radius 1 is 1.12 bits per heavy atom. The van der Waals surface area contributed by atoms with Crippen molar-refractivity contribution in [2.45, 2.75) is 31.2 Å². The summed E-state index contributed by atoms with van der Waals surface area (Å²) in [6, 6.07) is 17.0. The largest absolute Gasteiger partial charge is 0.361 e. The number of aromatic nitrogens is 1. The molecule has 0 bridgehead atoms. The van der Waals surface area contributed by atoms with Crippen LogP contribution < -0.4 is 0 Å². The normalized spacial score (nSPS) is 22.4. The highest BCUT2D eigenvalue weighted by Gasteiger charge is 2.40. The predicted octanol–water partition coefficient (Wildman–Crippen LogP) is 4.11. The molecule has 1 amide bonds. The van der Waals surface area contributed by atoms with Crippen LogP contribution in [-0.4, -0.2) is 28.4 Å². The fourth-order valence-corrected chi connectivity index (χ4v) is 4.58. The average molecular weight is 316 g/mol. The predicted molar refractivity (Wildman–Crippen MR) is 95.2 cm³/mol. The van der Waals surface area contributed by atoms with Crippen molar-refractivity contribution in [1.29, 1.82) is 0 Å². The zero-order valence-corrected chi connectivity index (χ0v) is 13.5. The summed E-state index contributed by atoms with van der Waals surface area (Å²) in [6.07, 6.45) is 5.21. The molecule has 120 valence electrons. The number of nitrogens with one attached hydrogen (secondary N) is 1. The topological polar surface area (TPSA) is 36.1 Å². The highest BCUT2D eigenvalue weighted by molar-refractivity contribution is 5.98. The first-order valence-corrected chi connectivity index (χ1v) is 8.77. The van der Waals surface area contributed by atoms with Gasteiger partial charge in [-0.2, -0.15) is 0 Å². The van der Waals surface area contributed by atoms with Crippen LogP contribution in [0, 0.1) is 0 Å². The average Bonchev–Trinajstić information content (AvgIpc) is 3.24. The van der Waals surface area contributed by atoms with Gasteiger partial charge in [-0.25, -0.2) is 0 Å². The van der Waals surface area contributed by atoms with Gasteiger partial charge >= 0.3 is 0 Å². The molecule has 2 aromatic carbocycles. The Morgan fingerprint density at radius 2 is 2.04 bits per heavy atom. The van der Waals surface area contributed by atoms with Gasteiger partial charge in [0.1, 0.15) is 0 Å². The molecule has 1 aliphatic heterocycles. The molecule has 1 aliphatic carbocycles. The number of fused-ring (bicyclic) bond motifs is 4. The molecule has 2 heterocycles. The number of carbonyl (C=O) groups is 1. The Bertz CT molecular complexity index is 926. The number of carbonyl (C=O) groups excluding carboxylic acids is 1. The van der Waals surface area contributed by atoms with Crippen LogP contribution in [0.1, 0.15) is 40.2 Å². The summed E-state index contributed by atoms with van der Waals surface area (Å²) < 4.78 is 0. The summed E-state index contributed by atoms with van der Waals surface area (Å²) >= 11 is 0. The maximum absolute atomic E-state index is 13.2. The molecule has 1 fully saturated rings. The van der Waals surface area contributed by atoms with E-state index in [0.29, 0.717) is 12.0 Å². The van der Waals surface area contributed by atoms with Crippen molar-refractivity contribution in [1.82, 2.24) is 9.88 Å². The molecule has 3 heteroatoms. The minimum Gasteiger partial charge on any atom is -0.361 e. The van der Waals surface area contributed by atoms with Crippen LogP contribution in [0.2, 0.25) is 0 Å². The molecular formula is C21H20N2O. The van der Waals surface area contributed by atoms with Gasteiger partial charge in [0.15, 0.2) is 0 Å². The lowest BCUT2D eigenvalue weighted by molar-refractivity contribution is 0.0595. The van der Waals surface area contributed by atoms with Crippen molar-refractivity contribution in [2.75, 3.05) is 6.54 Å². The van der Waals surface area contributed by atoms with E-state index in [1.165, 1.54) is 17.5 Å². The van der Waals surface area contributed by atoms with E-state index >= 15 is 0 Å². The molecule has 3 aromatic rings. The molecule has 1 N–H and O–H groups in total. The first-order valence-electron chi connectivity index (χ1n) is 8.77. The van der Waals surface area contributed by atoms with E-state index in [9.17, 15) is 4.79 Å². The Hall–Kier alpha value is -2.55. The molecule has 1 saturated heterocycles. The molecule has 24 heavy (non-hydrogen) atoms. The summed E-state index contributed by atoms with van der Waals surface area (Å²) in [5.74, 6) is 0.690. The van der Waals surface area contributed by atoms with Crippen LogP contribution in [-0.2, 0) is 6.42 Å². The van der Waals surface area contributed by atoms with E-state index in [1.807, 2.05) is 30.5 Å². The number of H-pyrrole nitrogens is 1. The summed E-state index contributed by atoms with van der Waals surface area (Å²) in [7, 11) is 0. The molecule has 5 rings (SSSR count). The fraction of sp³-hybridized carbons (Fsp3) is 0.286. The zero-order valence-electron chi connectivity index (χ0n) is 13.5. The first-order chi connectivity index (χ1) is 11.8. The number of hydrogen-bond acceptors (Lipinski definition) is 1. The van der Waals surface area contributed by atoms with Gasteiger partial charge in [-0.05, 0) is 54.7 Å². The maximum Gasteiger partial charge on any atom is 0.254 e. The van der Waals surface area contributed by atoms with Crippen molar-refractivity contribution in [3.05, 3.63) is 71.4 Å². The smallest absolute Gasteiger partial charge is 0.254 e. The molecule has 2 aliphatic rings. The number of piperidine rings is 1. The number of hydrogen-bond donors (Lipinski definition) is 1. The molecule has 0 spiro atoms. The van der Waals surface area contributed by atoms with Gasteiger partial charge in [-0.3, -0.25) is 4.79 Å². The SMILES string of the molecule is O=C(c1ccc2[nH]ccc2c1)N1CCC[C@H]2c3ccccc3C[C@H]21. The van der Waals surface area contributed by atoms with Crippen molar-refractivity contribution in [3.63, 3.8) is 0 Å². The monoisotopic (exact) mass is 316 g/mol. The highest BCUT2D eigenvalue weighted by Crippen LogP contribution is 2.42. The Labute approximate surface area is 141 Å². The molecule has 3 nitrogen and oxygen atoms in total. The van der Waals surface area contributed by atoms with Crippen LogP contribution in [0.5, 0.6) is 0 Å². The van der Waals surface area contributed by atoms with E-state index < -0.39 is 0 Å². The number of likely N-dealkylation sites (tertiary alicyclic amines) is 1. The van der Waals surface area contributed by atoms with Crippen LogP contribution in [0.3, 0.4) is 0 Å². The van der Waals surface area contributed by atoms with E-state index in [-0.39, 0.29) is 5.91 Å². The fourth-order valence-electron chi connectivity index (χ4n) is 4.58. The summed E-state index contributed by atoms with van der Waals surface area (Å²) in [6.45, 7) is 0.874. The Kier molecular flexibility index (Phi) is 3.02. The minimum atomic E-state index is 0.181. The quantitative estimate of drug-likeness (QED) is 0.720. The Morgan fingerprint density at radius 3 is 3.00 bits per heavy atom. The third-order valence-corrected chi connectivity index (χ3v) is 5.72. The van der Waals surface area contributed by atoms with Crippen LogP contribution >= 0.6 is 0 Å². The zero-order chi connectivity index (χ0) is 16.1. The molecular weight excluding hydrogens is 296 g/mol. The van der Waals surface area contributed by atoms with Crippen molar-refractivity contribution in [3.8, 4) is 0 Å². The second-order valence-electron chi connectivity index (χ2n) is 7.00. The third kappa shape index (κ3) is 2.01. The van der Waals surface area contributed by atoms with E-state index in [1.54, 1.807) is 0 Å². The number of rotatable bonds is 1. The lowest BCUT2D eigenvalue weighted by atomic mass is 9.88. The second-order valence-corrected chi connectivity index (χ2v) is 7.00. The summed E-state index contributed by atoms with van der Waals surface area (Å²) in [5.41, 5.74) is 4.77. The number of nitrogens with zero attached hydrogens (tertiary/aromatic N) is 1. The van der Waals surface area contributed by atoms with Gasteiger partial charge in [-0.1, -0.05) is 24.3 Å². The van der Waals surface area contributed by atoms with E-state index in [2.05, 4.69) is 34.1 Å². The molecule has 0 radical (unpaired) electrons. The van der Waals surface area contributed by atoms with Gasteiger partial charge in [-0.15, -0.1) is 0 Å². The molecule has 2 atom stereocenters. The van der Waals surface area contributed by atoms with Crippen molar-refractivity contribution >= 4 is 16.8 Å². The van der Waals surface area contributed by atoms with Crippen molar-refractivity contribution in [2.24, 2.45) is 0 Å². The maximum atomic E-state index is 13.2. The lowest BCUT2D eigenvalue weighted by Gasteiger charge is -2.38. The van der Waals surface area contributed by atoms with Gasteiger partial charge in [0.05, 0.1) is 0 Å². The molecule has 0 saturated carbocycles. The van der Waals surface area contributed by atoms with E-state index in [0.717, 1.165) is 35.9 Å². The minimum absolute atomic E-state index is 0.181. The van der Waals surface area contributed by atoms with Gasteiger partial charge in [0, 0.05) is 41.2 Å². The molecule has 0 unspecified atom stereocenters. The third-order valence-electron chi connectivity index (χ3n) is 5.72. The second kappa shape index (κ2) is 5.23. The van der Waals surface area contributed by atoms with Gasteiger partial charge in [0.2, 0.25) is 0 Å². The van der Waals surface area contributed by atoms with Crippen LogP contribution in [0.15, 0.2) is 54.7 Å².